The van der Waals surface area contributed by atoms with Gasteiger partial charge < -0.3 is 10.3 Å². The summed E-state index contributed by atoms with van der Waals surface area (Å²) in [6, 6.07) is 5.34. The molecule has 1 aliphatic carbocycles. The fraction of sp³-hybridized carbons (Fsp3) is 0.400. The van der Waals surface area contributed by atoms with E-state index in [0.29, 0.717) is 5.75 Å². The minimum Gasteiger partial charge on any atom is -0.508 e. The van der Waals surface area contributed by atoms with Crippen LogP contribution in [0.5, 0.6) is 5.75 Å². The highest BCUT2D eigenvalue weighted by Gasteiger charge is 2.19. The predicted molar refractivity (Wildman–Crippen MR) is 48.7 cm³/mol. The topological polar surface area (TPSA) is 52.5 Å². The van der Waals surface area contributed by atoms with Crippen LogP contribution in [-0.2, 0) is 6.42 Å². The molecule has 0 amide bonds. The number of benzene rings is 1. The van der Waals surface area contributed by atoms with E-state index in [1.165, 1.54) is 0 Å². The Morgan fingerprint density at radius 1 is 1.38 bits per heavy atom. The molecule has 3 heteroatoms. The lowest BCUT2D eigenvalue weighted by atomic mass is 9.88. The maximum atomic E-state index is 9.26. The molecule has 0 heterocycles. The molecule has 1 unspecified atom stereocenters. The first-order valence-electron chi connectivity index (χ1n) is 4.52. The highest BCUT2D eigenvalue weighted by molar-refractivity contribution is 5.38. The maximum Gasteiger partial charge on any atom is 0.115 e. The van der Waals surface area contributed by atoms with Crippen LogP contribution < -0.4 is 5.48 Å². The fourth-order valence-electron chi connectivity index (χ4n) is 1.93. The van der Waals surface area contributed by atoms with Crippen LogP contribution in [-0.4, -0.2) is 10.3 Å². The number of nitrogens with one attached hydrogen (secondary N) is 1. The highest BCUT2D eigenvalue weighted by Crippen LogP contribution is 2.31. The van der Waals surface area contributed by atoms with E-state index in [1.54, 1.807) is 12.1 Å². The second-order valence-corrected chi connectivity index (χ2v) is 3.46. The SMILES string of the molecule is ONC1CCCc2cc(O)ccc21. The molecule has 1 atom stereocenters. The van der Waals surface area contributed by atoms with Crippen molar-refractivity contribution in [2.24, 2.45) is 0 Å². The lowest BCUT2D eigenvalue weighted by Gasteiger charge is -2.24. The molecule has 2 rings (SSSR count). The van der Waals surface area contributed by atoms with Gasteiger partial charge in [-0.05, 0) is 42.5 Å². The van der Waals surface area contributed by atoms with Gasteiger partial charge in [-0.3, -0.25) is 0 Å². The molecule has 1 aromatic rings. The monoisotopic (exact) mass is 179 g/mol. The molecule has 0 bridgehead atoms. The first kappa shape index (κ1) is 8.53. The zero-order valence-corrected chi connectivity index (χ0v) is 7.33. The molecule has 0 aliphatic heterocycles. The zero-order valence-electron chi connectivity index (χ0n) is 7.33. The van der Waals surface area contributed by atoms with Gasteiger partial charge in [0.2, 0.25) is 0 Å². The van der Waals surface area contributed by atoms with E-state index in [4.69, 9.17) is 5.21 Å². The average molecular weight is 179 g/mol. The number of hydrogen-bond donors (Lipinski definition) is 3. The van der Waals surface area contributed by atoms with E-state index >= 15 is 0 Å². The Bertz CT molecular complexity index is 312. The standard InChI is InChI=1S/C10H13NO2/c12-8-4-5-9-7(6-8)2-1-3-10(9)11-13/h4-6,10-13H,1-3H2. The van der Waals surface area contributed by atoms with Crippen LogP contribution >= 0.6 is 0 Å². The minimum absolute atomic E-state index is 0.0318. The molecule has 70 valence electrons. The molecular formula is C10H13NO2. The maximum absolute atomic E-state index is 9.26. The number of hydroxylamine groups is 1. The first-order valence-corrected chi connectivity index (χ1v) is 4.52. The van der Waals surface area contributed by atoms with Gasteiger partial charge in [0.25, 0.3) is 0 Å². The van der Waals surface area contributed by atoms with E-state index in [-0.39, 0.29) is 6.04 Å². The van der Waals surface area contributed by atoms with Crippen molar-refractivity contribution in [1.29, 1.82) is 0 Å². The van der Waals surface area contributed by atoms with Crippen LogP contribution in [0.4, 0.5) is 0 Å². The summed E-state index contributed by atoms with van der Waals surface area (Å²) >= 11 is 0. The third kappa shape index (κ3) is 1.53. The van der Waals surface area contributed by atoms with Crippen LogP contribution in [0.3, 0.4) is 0 Å². The number of aromatic hydroxyl groups is 1. The number of fused-ring (bicyclic) bond motifs is 1. The third-order valence-electron chi connectivity index (χ3n) is 2.60. The second-order valence-electron chi connectivity index (χ2n) is 3.46. The summed E-state index contributed by atoms with van der Waals surface area (Å²) in [6.07, 6.45) is 2.99. The molecule has 3 nitrogen and oxygen atoms in total. The van der Waals surface area contributed by atoms with Crippen LogP contribution in [0.2, 0.25) is 0 Å². The Hall–Kier alpha value is -1.06. The molecular weight excluding hydrogens is 166 g/mol. The summed E-state index contributed by atoms with van der Waals surface area (Å²) in [5.41, 5.74) is 4.54. The molecule has 0 saturated heterocycles. The van der Waals surface area contributed by atoms with E-state index in [0.717, 1.165) is 30.4 Å². The van der Waals surface area contributed by atoms with Crippen molar-refractivity contribution in [2.75, 3.05) is 0 Å². The van der Waals surface area contributed by atoms with Gasteiger partial charge in [0, 0.05) is 0 Å². The Balaban J connectivity index is 2.40. The van der Waals surface area contributed by atoms with Gasteiger partial charge in [0.05, 0.1) is 6.04 Å². The van der Waals surface area contributed by atoms with Crippen molar-refractivity contribution in [3.63, 3.8) is 0 Å². The Morgan fingerprint density at radius 3 is 3.00 bits per heavy atom. The quantitative estimate of drug-likeness (QED) is 0.576. The smallest absolute Gasteiger partial charge is 0.115 e. The molecule has 0 saturated carbocycles. The van der Waals surface area contributed by atoms with Crippen molar-refractivity contribution >= 4 is 0 Å². The first-order chi connectivity index (χ1) is 6.31. The summed E-state index contributed by atoms with van der Waals surface area (Å²) in [5, 5.41) is 18.2. The number of rotatable bonds is 1. The van der Waals surface area contributed by atoms with Crippen molar-refractivity contribution in [3.05, 3.63) is 29.3 Å². The van der Waals surface area contributed by atoms with Crippen LogP contribution in [0.15, 0.2) is 18.2 Å². The van der Waals surface area contributed by atoms with E-state index < -0.39 is 0 Å². The number of hydrogen-bond acceptors (Lipinski definition) is 3. The summed E-state index contributed by atoms with van der Waals surface area (Å²) in [4.78, 5) is 0. The summed E-state index contributed by atoms with van der Waals surface area (Å²) in [6.45, 7) is 0. The van der Waals surface area contributed by atoms with Crippen LogP contribution in [0.25, 0.3) is 0 Å². The zero-order chi connectivity index (χ0) is 9.26. The van der Waals surface area contributed by atoms with Gasteiger partial charge >= 0.3 is 0 Å². The summed E-state index contributed by atoms with van der Waals surface area (Å²) in [7, 11) is 0. The molecule has 13 heavy (non-hydrogen) atoms. The molecule has 3 N–H and O–H groups in total. The molecule has 0 fully saturated rings. The van der Waals surface area contributed by atoms with E-state index in [1.807, 2.05) is 6.07 Å². The van der Waals surface area contributed by atoms with Crippen molar-refractivity contribution in [3.8, 4) is 5.75 Å². The van der Waals surface area contributed by atoms with Gasteiger partial charge in [0.15, 0.2) is 0 Å². The number of phenolic OH excluding ortho intramolecular Hbond substituents is 1. The fourth-order valence-corrected chi connectivity index (χ4v) is 1.93. The lowest BCUT2D eigenvalue weighted by Crippen LogP contribution is -2.21. The van der Waals surface area contributed by atoms with Gasteiger partial charge in [-0.2, -0.15) is 5.48 Å². The normalized spacial score (nSPS) is 21.2. The van der Waals surface area contributed by atoms with E-state index in [2.05, 4.69) is 5.48 Å². The molecule has 1 aromatic carbocycles. The lowest BCUT2D eigenvalue weighted by molar-refractivity contribution is 0.117. The van der Waals surface area contributed by atoms with Crippen molar-refractivity contribution in [1.82, 2.24) is 5.48 Å². The number of phenols is 1. The van der Waals surface area contributed by atoms with Crippen LogP contribution in [0, 0.1) is 0 Å². The largest absolute Gasteiger partial charge is 0.508 e. The molecule has 0 spiro atoms. The van der Waals surface area contributed by atoms with E-state index in [9.17, 15) is 5.11 Å². The van der Waals surface area contributed by atoms with Crippen LogP contribution in [0.1, 0.15) is 30.0 Å². The minimum atomic E-state index is 0.0318. The Morgan fingerprint density at radius 2 is 2.23 bits per heavy atom. The molecule has 0 aromatic heterocycles. The second kappa shape index (κ2) is 3.36. The molecule has 0 radical (unpaired) electrons. The summed E-state index contributed by atoms with van der Waals surface area (Å²) < 4.78 is 0. The number of aryl methyl sites for hydroxylation is 1. The van der Waals surface area contributed by atoms with Crippen molar-refractivity contribution < 1.29 is 10.3 Å². The predicted octanol–water partition coefficient (Wildman–Crippen LogP) is 1.75. The average Bonchev–Trinajstić information content (AvgIpc) is 2.16. The van der Waals surface area contributed by atoms with Gasteiger partial charge in [-0.15, -0.1) is 0 Å². The Labute approximate surface area is 77.0 Å². The summed E-state index contributed by atoms with van der Waals surface area (Å²) in [5.74, 6) is 0.303. The van der Waals surface area contributed by atoms with Gasteiger partial charge in [0.1, 0.15) is 5.75 Å². The highest BCUT2D eigenvalue weighted by atomic mass is 16.5. The van der Waals surface area contributed by atoms with Gasteiger partial charge in [-0.1, -0.05) is 6.07 Å². The third-order valence-corrected chi connectivity index (χ3v) is 2.60. The Kier molecular flexibility index (Phi) is 2.20. The van der Waals surface area contributed by atoms with Crippen molar-refractivity contribution in [2.45, 2.75) is 25.3 Å². The molecule has 1 aliphatic rings. The van der Waals surface area contributed by atoms with Gasteiger partial charge in [-0.25, -0.2) is 0 Å².